The number of aromatic hydroxyl groups is 1. The lowest BCUT2D eigenvalue weighted by atomic mass is 9.44. The van der Waals surface area contributed by atoms with E-state index in [0.29, 0.717) is 60.1 Å². The standard InChI is InChI=1S/C34H51NO5/c1-33-18-16-28-26(11-8-24-21-25(36)15-17-34(24,28)2)27(33)12-9-23(33)10-13-29(37)22-7-14-31(30(38)20-22)40-19-5-6-32(39)35(3)4/h7,14,20,23-24,26-29,37-38H,5-6,8-13,15-19,21H2,1-4H3/t23?,24?,26-,27-,28+,29?,33+,34-/m0/s1. The lowest BCUT2D eigenvalue weighted by molar-refractivity contribution is -0.139. The van der Waals surface area contributed by atoms with E-state index in [4.69, 9.17) is 4.74 Å². The van der Waals surface area contributed by atoms with Gasteiger partial charge in [0.15, 0.2) is 11.5 Å². The highest BCUT2D eigenvalue weighted by atomic mass is 16.5. The predicted molar refractivity (Wildman–Crippen MR) is 156 cm³/mol. The number of carbonyl (C=O) groups excluding carboxylic acids is 2. The molecule has 222 valence electrons. The van der Waals surface area contributed by atoms with Gasteiger partial charge in [-0.1, -0.05) is 19.9 Å². The summed E-state index contributed by atoms with van der Waals surface area (Å²) in [6, 6.07) is 5.21. The Morgan fingerprint density at radius 3 is 2.60 bits per heavy atom. The van der Waals surface area contributed by atoms with Crippen LogP contribution in [0.25, 0.3) is 0 Å². The average Bonchev–Trinajstić information content (AvgIpc) is 3.26. The molecule has 3 unspecified atom stereocenters. The Kier molecular flexibility index (Phi) is 8.57. The van der Waals surface area contributed by atoms with Crippen molar-refractivity contribution in [1.29, 1.82) is 0 Å². The number of Topliss-reactive ketones (excluding diaryl/α,β-unsaturated/α-hetero) is 1. The molecule has 0 bridgehead atoms. The fourth-order valence-electron chi connectivity index (χ4n) is 9.65. The lowest BCUT2D eigenvalue weighted by Gasteiger charge is -2.60. The first-order valence-electron chi connectivity index (χ1n) is 15.9. The fraction of sp³-hybridized carbons (Fsp3) is 0.765. The Morgan fingerprint density at radius 2 is 1.85 bits per heavy atom. The summed E-state index contributed by atoms with van der Waals surface area (Å²) in [6.07, 6.45) is 12.5. The van der Waals surface area contributed by atoms with Crippen molar-refractivity contribution >= 4 is 11.7 Å². The molecule has 0 spiro atoms. The van der Waals surface area contributed by atoms with E-state index in [9.17, 15) is 19.8 Å². The molecule has 0 aliphatic heterocycles. The summed E-state index contributed by atoms with van der Waals surface area (Å²) >= 11 is 0. The first kappa shape index (κ1) is 29.4. The van der Waals surface area contributed by atoms with Crippen LogP contribution in [0, 0.1) is 40.4 Å². The molecule has 4 aliphatic carbocycles. The minimum atomic E-state index is -0.606. The van der Waals surface area contributed by atoms with Gasteiger partial charge < -0.3 is 19.8 Å². The Balaban J connectivity index is 1.15. The Morgan fingerprint density at radius 1 is 1.07 bits per heavy atom. The second-order valence-electron chi connectivity index (χ2n) is 14.3. The number of hydrogen-bond donors (Lipinski definition) is 2. The van der Waals surface area contributed by atoms with Crippen LogP contribution >= 0.6 is 0 Å². The van der Waals surface area contributed by atoms with E-state index in [-0.39, 0.29) is 11.7 Å². The van der Waals surface area contributed by atoms with E-state index < -0.39 is 6.10 Å². The highest BCUT2D eigenvalue weighted by Crippen LogP contribution is 2.67. The van der Waals surface area contributed by atoms with Gasteiger partial charge in [0.25, 0.3) is 0 Å². The molecule has 6 heteroatoms. The number of aliphatic hydroxyl groups excluding tert-OH is 1. The summed E-state index contributed by atoms with van der Waals surface area (Å²) in [7, 11) is 3.48. The van der Waals surface area contributed by atoms with Crippen molar-refractivity contribution in [2.75, 3.05) is 20.7 Å². The maximum atomic E-state index is 12.2. The van der Waals surface area contributed by atoms with E-state index in [1.165, 1.54) is 38.5 Å². The minimum absolute atomic E-state index is 0.0372. The molecule has 5 rings (SSSR count). The van der Waals surface area contributed by atoms with E-state index >= 15 is 0 Å². The molecular formula is C34H51NO5. The summed E-state index contributed by atoms with van der Waals surface area (Å²) in [6.45, 7) is 5.42. The van der Waals surface area contributed by atoms with Gasteiger partial charge in [0.2, 0.25) is 5.91 Å². The van der Waals surface area contributed by atoms with E-state index in [0.717, 1.165) is 49.0 Å². The third-order valence-corrected chi connectivity index (χ3v) is 12.1. The topological polar surface area (TPSA) is 87.1 Å². The van der Waals surface area contributed by atoms with Crippen LogP contribution in [0.3, 0.4) is 0 Å². The van der Waals surface area contributed by atoms with E-state index in [1.54, 1.807) is 31.1 Å². The molecular weight excluding hydrogens is 502 g/mol. The number of phenolic OH excluding ortho intramolecular Hbond substituents is 1. The largest absolute Gasteiger partial charge is 0.504 e. The Labute approximate surface area is 240 Å². The predicted octanol–water partition coefficient (Wildman–Crippen LogP) is 6.68. The van der Waals surface area contributed by atoms with Crippen LogP contribution in [-0.2, 0) is 9.59 Å². The van der Waals surface area contributed by atoms with E-state index in [2.05, 4.69) is 13.8 Å². The lowest BCUT2D eigenvalue weighted by Crippen LogP contribution is -2.53. The first-order chi connectivity index (χ1) is 19.0. The fourth-order valence-corrected chi connectivity index (χ4v) is 9.65. The number of nitrogens with zero attached hydrogens (tertiary/aromatic N) is 1. The summed E-state index contributed by atoms with van der Waals surface area (Å²) < 4.78 is 5.68. The van der Waals surface area contributed by atoms with Crippen molar-refractivity contribution in [3.8, 4) is 11.5 Å². The molecule has 4 aliphatic rings. The van der Waals surface area contributed by atoms with Gasteiger partial charge in [0.05, 0.1) is 12.7 Å². The molecule has 4 fully saturated rings. The normalized spacial score (nSPS) is 35.8. The number of phenols is 1. The molecule has 0 radical (unpaired) electrons. The molecule has 1 aromatic carbocycles. The first-order valence-corrected chi connectivity index (χ1v) is 15.9. The van der Waals surface area contributed by atoms with Crippen LogP contribution < -0.4 is 4.74 Å². The molecule has 0 aromatic heterocycles. The second-order valence-corrected chi connectivity index (χ2v) is 14.3. The van der Waals surface area contributed by atoms with Gasteiger partial charge in [-0.25, -0.2) is 0 Å². The number of ether oxygens (including phenoxy) is 1. The number of hydrogen-bond acceptors (Lipinski definition) is 5. The molecule has 6 nitrogen and oxygen atoms in total. The van der Waals surface area contributed by atoms with Crippen LogP contribution in [0.1, 0.15) is 109 Å². The van der Waals surface area contributed by atoms with Crippen molar-refractivity contribution in [2.24, 2.45) is 40.4 Å². The monoisotopic (exact) mass is 553 g/mol. The smallest absolute Gasteiger partial charge is 0.222 e. The molecule has 40 heavy (non-hydrogen) atoms. The molecule has 1 amide bonds. The zero-order valence-corrected chi connectivity index (χ0v) is 25.2. The third kappa shape index (κ3) is 5.54. The third-order valence-electron chi connectivity index (χ3n) is 12.1. The maximum absolute atomic E-state index is 12.2. The summed E-state index contributed by atoms with van der Waals surface area (Å²) in [5.74, 6) is 4.57. The highest BCUT2D eigenvalue weighted by molar-refractivity contribution is 5.79. The number of amides is 1. The summed E-state index contributed by atoms with van der Waals surface area (Å²) in [4.78, 5) is 25.5. The van der Waals surface area contributed by atoms with Gasteiger partial charge >= 0.3 is 0 Å². The number of carbonyl (C=O) groups is 2. The van der Waals surface area contributed by atoms with E-state index in [1.807, 2.05) is 6.07 Å². The molecule has 0 heterocycles. The van der Waals surface area contributed by atoms with Crippen molar-refractivity contribution < 1.29 is 24.5 Å². The second kappa shape index (κ2) is 11.7. The number of ketones is 1. The van der Waals surface area contributed by atoms with Crippen LogP contribution in [0.2, 0.25) is 0 Å². The van der Waals surface area contributed by atoms with Crippen LogP contribution in [0.15, 0.2) is 18.2 Å². The van der Waals surface area contributed by atoms with Crippen molar-refractivity contribution in [1.82, 2.24) is 4.90 Å². The van der Waals surface area contributed by atoms with Gasteiger partial charge in [0.1, 0.15) is 5.78 Å². The SMILES string of the molecule is CN(C)C(=O)CCCOc1ccc(C(O)CCC2CC[C@H]3[C@@H]4CCC5CC(=O)CC[C@]5(C)[C@@H]4CC[C@]23C)cc1O. The van der Waals surface area contributed by atoms with Crippen LogP contribution in [0.5, 0.6) is 11.5 Å². The van der Waals surface area contributed by atoms with Gasteiger partial charge in [-0.3, -0.25) is 9.59 Å². The molecule has 8 atom stereocenters. The van der Waals surface area contributed by atoms with Crippen LogP contribution in [0.4, 0.5) is 0 Å². The molecule has 4 saturated carbocycles. The van der Waals surface area contributed by atoms with Gasteiger partial charge in [0, 0.05) is 33.4 Å². The molecule has 1 aromatic rings. The Hall–Kier alpha value is -2.08. The zero-order chi connectivity index (χ0) is 28.7. The molecule has 0 saturated heterocycles. The van der Waals surface area contributed by atoms with Crippen LogP contribution in [-0.4, -0.2) is 47.5 Å². The Bertz CT molecular complexity index is 1090. The quantitative estimate of drug-likeness (QED) is 0.333. The van der Waals surface area contributed by atoms with Crippen molar-refractivity contribution in [2.45, 2.75) is 103 Å². The number of fused-ring (bicyclic) bond motifs is 5. The van der Waals surface area contributed by atoms with Crippen molar-refractivity contribution in [3.05, 3.63) is 23.8 Å². The molecule has 2 N–H and O–H groups in total. The summed E-state index contributed by atoms with van der Waals surface area (Å²) in [5.41, 5.74) is 1.44. The van der Waals surface area contributed by atoms with Gasteiger partial charge in [-0.05, 0) is 122 Å². The average molecular weight is 554 g/mol. The maximum Gasteiger partial charge on any atom is 0.222 e. The minimum Gasteiger partial charge on any atom is -0.504 e. The number of benzene rings is 1. The number of rotatable bonds is 9. The van der Waals surface area contributed by atoms with Crippen molar-refractivity contribution in [3.63, 3.8) is 0 Å². The highest BCUT2D eigenvalue weighted by Gasteiger charge is 2.59. The number of aliphatic hydroxyl groups is 1. The van der Waals surface area contributed by atoms with Gasteiger partial charge in [-0.15, -0.1) is 0 Å². The summed E-state index contributed by atoms with van der Waals surface area (Å²) in [5, 5.41) is 21.6. The van der Waals surface area contributed by atoms with Gasteiger partial charge in [-0.2, -0.15) is 0 Å². The zero-order valence-electron chi connectivity index (χ0n) is 25.2.